The molecule has 0 aromatic carbocycles. The van der Waals surface area contributed by atoms with Crippen molar-refractivity contribution in [1.29, 1.82) is 0 Å². The monoisotopic (exact) mass is 433 g/mol. The van der Waals surface area contributed by atoms with Crippen LogP contribution in [0.1, 0.15) is 117 Å². The first kappa shape index (κ1) is 27.5. The Morgan fingerprint density at radius 2 is 1.48 bits per heavy atom. The number of nitrogens with one attached hydrogen (secondary N) is 1. The average Bonchev–Trinajstić information content (AvgIpc) is 3.13. The van der Waals surface area contributed by atoms with Crippen molar-refractivity contribution in [1.82, 2.24) is 5.32 Å². The number of carbonyl (C=O) groups is 2. The molecule has 0 spiro atoms. The van der Waals surface area contributed by atoms with Crippen molar-refractivity contribution in [2.45, 2.75) is 125 Å². The minimum atomic E-state index is -0.426. The molecule has 1 rings (SSSR count). The summed E-state index contributed by atoms with van der Waals surface area (Å²) < 4.78 is 5.84. The summed E-state index contributed by atoms with van der Waals surface area (Å²) in [5, 5.41) is 2.99. The minimum absolute atomic E-state index is 0.00775. The van der Waals surface area contributed by atoms with E-state index in [2.05, 4.69) is 38.2 Å². The maximum Gasteiger partial charge on any atom is 0.226 e. The summed E-state index contributed by atoms with van der Waals surface area (Å²) >= 11 is 0. The van der Waals surface area contributed by atoms with E-state index in [1.807, 2.05) is 13.8 Å². The Morgan fingerprint density at radius 1 is 0.935 bits per heavy atom. The molecule has 0 aliphatic carbocycles. The predicted octanol–water partition coefficient (Wildman–Crippen LogP) is 7.04. The molecule has 0 bridgehead atoms. The third-order valence-corrected chi connectivity index (χ3v) is 6.06. The number of hydrogen-bond acceptors (Lipinski definition) is 3. The molecule has 1 N–H and O–H groups in total. The minimum Gasteiger partial charge on any atom is -0.466 e. The van der Waals surface area contributed by atoms with Crippen LogP contribution in [0.3, 0.4) is 0 Å². The first-order chi connectivity index (χ1) is 14.7. The second kappa shape index (κ2) is 14.5. The van der Waals surface area contributed by atoms with Crippen LogP contribution in [0.25, 0.3) is 0 Å². The van der Waals surface area contributed by atoms with Gasteiger partial charge in [-0.05, 0) is 50.7 Å². The second-order valence-electron chi connectivity index (χ2n) is 10.2. The standard InChI is InChI=1S/C27H47NO3/c1-7-15-23-17-18-24(31-23)16-13-11-9-8-10-12-14-19-27(5,6)26(30)28-25(22(4)29)20-21(2)3/h17-18,21,25H,7-16,19-20H2,1-6H3,(H,28,30). The summed E-state index contributed by atoms with van der Waals surface area (Å²) in [6, 6.07) is 3.89. The van der Waals surface area contributed by atoms with Crippen molar-refractivity contribution in [3.05, 3.63) is 23.7 Å². The number of hydrogen-bond donors (Lipinski definition) is 1. The Morgan fingerprint density at radius 3 is 2.03 bits per heavy atom. The molecule has 178 valence electrons. The molecular weight excluding hydrogens is 386 g/mol. The zero-order valence-corrected chi connectivity index (χ0v) is 21.0. The summed E-state index contributed by atoms with van der Waals surface area (Å²) in [5.41, 5.74) is -0.426. The maximum absolute atomic E-state index is 12.7. The second-order valence-corrected chi connectivity index (χ2v) is 10.2. The molecule has 31 heavy (non-hydrogen) atoms. The number of aryl methyl sites for hydroxylation is 2. The van der Waals surface area contributed by atoms with E-state index in [1.165, 1.54) is 32.1 Å². The van der Waals surface area contributed by atoms with E-state index in [-0.39, 0.29) is 17.7 Å². The molecule has 0 saturated carbocycles. The van der Waals surface area contributed by atoms with Gasteiger partial charge in [0.25, 0.3) is 0 Å². The summed E-state index contributed by atoms with van der Waals surface area (Å²) in [6.07, 6.45) is 13.2. The Kier molecular flexibility index (Phi) is 12.8. The predicted molar refractivity (Wildman–Crippen MR) is 129 cm³/mol. The van der Waals surface area contributed by atoms with E-state index >= 15 is 0 Å². The zero-order valence-electron chi connectivity index (χ0n) is 21.0. The molecule has 0 radical (unpaired) electrons. The van der Waals surface area contributed by atoms with Crippen LogP contribution in [0.5, 0.6) is 0 Å². The van der Waals surface area contributed by atoms with Gasteiger partial charge >= 0.3 is 0 Å². The Hall–Kier alpha value is -1.58. The number of ketones is 1. The first-order valence-electron chi connectivity index (χ1n) is 12.5. The molecule has 1 unspecified atom stereocenters. The highest BCUT2D eigenvalue weighted by atomic mass is 16.3. The van der Waals surface area contributed by atoms with Crippen molar-refractivity contribution in [3.8, 4) is 0 Å². The van der Waals surface area contributed by atoms with E-state index in [4.69, 9.17) is 4.42 Å². The van der Waals surface area contributed by atoms with E-state index in [0.29, 0.717) is 12.3 Å². The highest BCUT2D eigenvalue weighted by molar-refractivity contribution is 5.89. The van der Waals surface area contributed by atoms with E-state index < -0.39 is 5.41 Å². The topological polar surface area (TPSA) is 59.3 Å². The lowest BCUT2D eigenvalue weighted by atomic mass is 9.85. The zero-order chi connectivity index (χ0) is 23.3. The summed E-state index contributed by atoms with van der Waals surface area (Å²) in [5.74, 6) is 2.68. The fraction of sp³-hybridized carbons (Fsp3) is 0.778. The van der Waals surface area contributed by atoms with Crippen LogP contribution >= 0.6 is 0 Å². The summed E-state index contributed by atoms with van der Waals surface area (Å²) in [7, 11) is 0. The largest absolute Gasteiger partial charge is 0.466 e. The molecule has 4 heteroatoms. The molecule has 1 atom stereocenters. The number of Topliss-reactive ketones (excluding diaryl/α,β-unsaturated/α-hetero) is 1. The molecule has 0 fully saturated rings. The van der Waals surface area contributed by atoms with Crippen LogP contribution in [0.2, 0.25) is 0 Å². The Balaban J connectivity index is 2.14. The number of amides is 1. The van der Waals surface area contributed by atoms with Gasteiger partial charge < -0.3 is 9.73 Å². The fourth-order valence-electron chi connectivity index (χ4n) is 3.95. The van der Waals surface area contributed by atoms with Gasteiger partial charge in [0, 0.05) is 18.3 Å². The molecule has 1 aromatic rings. The number of unbranched alkanes of at least 4 members (excludes halogenated alkanes) is 6. The van der Waals surface area contributed by atoms with E-state index in [9.17, 15) is 9.59 Å². The van der Waals surface area contributed by atoms with Gasteiger partial charge in [-0.15, -0.1) is 0 Å². The van der Waals surface area contributed by atoms with Crippen LogP contribution in [-0.2, 0) is 22.4 Å². The van der Waals surface area contributed by atoms with Gasteiger partial charge in [0.05, 0.1) is 6.04 Å². The SMILES string of the molecule is CCCc1ccc(CCCCCCCCCC(C)(C)C(=O)NC(CC(C)C)C(C)=O)o1. The molecule has 1 aromatic heterocycles. The van der Waals surface area contributed by atoms with Crippen LogP contribution in [-0.4, -0.2) is 17.7 Å². The quantitative estimate of drug-likeness (QED) is 0.268. The van der Waals surface area contributed by atoms with Crippen molar-refractivity contribution in [2.24, 2.45) is 11.3 Å². The van der Waals surface area contributed by atoms with E-state index in [0.717, 1.165) is 50.0 Å². The third kappa shape index (κ3) is 11.6. The van der Waals surface area contributed by atoms with Gasteiger partial charge in [-0.1, -0.05) is 73.1 Å². The molecular formula is C27H47NO3. The molecule has 4 nitrogen and oxygen atoms in total. The van der Waals surface area contributed by atoms with Crippen molar-refractivity contribution < 1.29 is 14.0 Å². The molecule has 0 aliphatic heterocycles. The highest BCUT2D eigenvalue weighted by Crippen LogP contribution is 2.25. The van der Waals surface area contributed by atoms with Crippen LogP contribution in [0, 0.1) is 11.3 Å². The fourth-order valence-corrected chi connectivity index (χ4v) is 3.95. The molecule has 1 amide bonds. The van der Waals surface area contributed by atoms with Gasteiger partial charge in [-0.3, -0.25) is 9.59 Å². The van der Waals surface area contributed by atoms with Gasteiger partial charge in [0.1, 0.15) is 11.5 Å². The van der Waals surface area contributed by atoms with Crippen molar-refractivity contribution in [3.63, 3.8) is 0 Å². The number of furan rings is 1. The number of rotatable bonds is 17. The van der Waals surface area contributed by atoms with Crippen molar-refractivity contribution in [2.75, 3.05) is 0 Å². The smallest absolute Gasteiger partial charge is 0.226 e. The van der Waals surface area contributed by atoms with Crippen molar-refractivity contribution >= 4 is 11.7 Å². The van der Waals surface area contributed by atoms with Gasteiger partial charge in [0.15, 0.2) is 5.78 Å². The van der Waals surface area contributed by atoms with Crippen LogP contribution < -0.4 is 5.32 Å². The lowest BCUT2D eigenvalue weighted by molar-refractivity contribution is -0.133. The third-order valence-electron chi connectivity index (χ3n) is 6.06. The highest BCUT2D eigenvalue weighted by Gasteiger charge is 2.30. The van der Waals surface area contributed by atoms with Crippen LogP contribution in [0.15, 0.2) is 16.5 Å². The first-order valence-corrected chi connectivity index (χ1v) is 12.5. The lowest BCUT2D eigenvalue weighted by Gasteiger charge is -2.27. The lowest BCUT2D eigenvalue weighted by Crippen LogP contribution is -2.46. The molecule has 0 aliphatic rings. The van der Waals surface area contributed by atoms with Gasteiger partial charge in [-0.2, -0.15) is 0 Å². The summed E-state index contributed by atoms with van der Waals surface area (Å²) in [4.78, 5) is 24.5. The Bertz CT molecular complexity index is 645. The normalized spacial score (nSPS) is 12.9. The summed E-state index contributed by atoms with van der Waals surface area (Å²) in [6.45, 7) is 11.9. The Labute approximate surface area is 190 Å². The number of carbonyl (C=O) groups excluding carboxylic acids is 2. The average molecular weight is 434 g/mol. The van der Waals surface area contributed by atoms with Gasteiger partial charge in [-0.25, -0.2) is 0 Å². The maximum atomic E-state index is 12.7. The molecule has 0 saturated heterocycles. The van der Waals surface area contributed by atoms with Gasteiger partial charge in [0.2, 0.25) is 5.91 Å². The van der Waals surface area contributed by atoms with Crippen LogP contribution in [0.4, 0.5) is 0 Å². The molecule has 1 heterocycles. The van der Waals surface area contributed by atoms with E-state index in [1.54, 1.807) is 6.92 Å².